The van der Waals surface area contributed by atoms with Gasteiger partial charge in [-0.15, -0.1) is 11.3 Å². The Kier molecular flexibility index (Phi) is 6.73. The van der Waals surface area contributed by atoms with Crippen molar-refractivity contribution >= 4 is 27.2 Å². The Morgan fingerprint density at radius 3 is 2.53 bits per heavy atom. The van der Waals surface area contributed by atoms with Gasteiger partial charge in [0.1, 0.15) is 28.7 Å². The molecule has 0 fully saturated rings. The molecule has 0 spiro atoms. The number of aromatic hydroxyl groups is 1. The summed E-state index contributed by atoms with van der Waals surface area (Å²) in [5.41, 5.74) is 1.54. The fourth-order valence-corrected chi connectivity index (χ4v) is 4.52. The molecule has 0 unspecified atom stereocenters. The summed E-state index contributed by atoms with van der Waals surface area (Å²) in [6.07, 6.45) is 0. The van der Waals surface area contributed by atoms with Crippen molar-refractivity contribution in [1.82, 2.24) is 5.32 Å². The molecule has 2 N–H and O–H groups in total. The number of aryl methyl sites for hydroxylation is 1. The first-order valence-corrected chi connectivity index (χ1v) is 11.4. The predicted octanol–water partition coefficient (Wildman–Crippen LogP) is 5.93. The van der Waals surface area contributed by atoms with E-state index in [1.54, 1.807) is 18.2 Å². The number of fused-ring (bicyclic) bond motifs is 1. The first kappa shape index (κ1) is 21.9. The van der Waals surface area contributed by atoms with Crippen molar-refractivity contribution < 1.29 is 19.4 Å². The van der Waals surface area contributed by atoms with E-state index in [1.807, 2.05) is 55.5 Å². The van der Waals surface area contributed by atoms with Crippen molar-refractivity contribution in [3.63, 3.8) is 0 Å². The van der Waals surface area contributed by atoms with Crippen LogP contribution >= 0.6 is 11.3 Å². The highest BCUT2D eigenvalue weighted by atomic mass is 32.1. The highest BCUT2D eigenvalue weighted by Crippen LogP contribution is 2.43. The second-order valence-corrected chi connectivity index (χ2v) is 8.41. The normalized spacial score (nSPS) is 10.9. The monoisotopic (exact) mass is 447 g/mol. The van der Waals surface area contributed by atoms with Crippen LogP contribution in [0, 0.1) is 6.92 Å². The van der Waals surface area contributed by atoms with Crippen LogP contribution in [0.1, 0.15) is 27.7 Å². The number of hydrogen-bond acceptors (Lipinski definition) is 6. The number of benzene rings is 3. The van der Waals surface area contributed by atoms with E-state index in [4.69, 9.17) is 9.47 Å². The van der Waals surface area contributed by atoms with E-state index in [0.717, 1.165) is 34.5 Å². The molecule has 0 saturated carbocycles. The van der Waals surface area contributed by atoms with Gasteiger partial charge in [-0.3, -0.25) is 4.79 Å². The third kappa shape index (κ3) is 4.77. The summed E-state index contributed by atoms with van der Waals surface area (Å²) in [4.78, 5) is 13.9. The number of rotatable bonds is 9. The number of likely N-dealkylation sites (N-methyl/N-ethyl adjacent to an activating group) is 1. The number of ketones is 1. The Balaban J connectivity index is 1.65. The third-order valence-electron chi connectivity index (χ3n) is 5.07. The molecule has 1 heterocycles. The van der Waals surface area contributed by atoms with E-state index in [2.05, 4.69) is 12.2 Å². The molecule has 0 radical (unpaired) electrons. The number of carbonyl (C=O) groups excluding carboxylic acids is 1. The Morgan fingerprint density at radius 2 is 1.78 bits per heavy atom. The van der Waals surface area contributed by atoms with Crippen LogP contribution in [0.25, 0.3) is 10.1 Å². The molecular weight excluding hydrogens is 422 g/mol. The topological polar surface area (TPSA) is 67.8 Å². The molecule has 32 heavy (non-hydrogen) atoms. The van der Waals surface area contributed by atoms with Crippen LogP contribution in [-0.4, -0.2) is 30.6 Å². The molecule has 0 bridgehead atoms. The Morgan fingerprint density at radius 1 is 1.03 bits per heavy atom. The molecular formula is C26H25NO4S. The summed E-state index contributed by atoms with van der Waals surface area (Å²) in [7, 11) is 0. The minimum atomic E-state index is -0.0952. The molecule has 3 aromatic carbocycles. The molecule has 6 heteroatoms. The molecule has 5 nitrogen and oxygen atoms in total. The largest absolute Gasteiger partial charge is 0.508 e. The molecule has 4 rings (SSSR count). The number of phenolic OH excluding ortho intramolecular Hbond substituents is 1. The average molecular weight is 448 g/mol. The molecule has 0 aliphatic rings. The first-order chi connectivity index (χ1) is 15.6. The van der Waals surface area contributed by atoms with Gasteiger partial charge in [-0.2, -0.15) is 0 Å². The van der Waals surface area contributed by atoms with Gasteiger partial charge in [-0.25, -0.2) is 0 Å². The van der Waals surface area contributed by atoms with E-state index in [-0.39, 0.29) is 11.5 Å². The number of hydrogen-bond donors (Lipinski definition) is 2. The fourth-order valence-electron chi connectivity index (χ4n) is 3.40. The molecule has 0 aliphatic carbocycles. The van der Waals surface area contributed by atoms with Gasteiger partial charge < -0.3 is 19.9 Å². The molecule has 4 aromatic rings. The summed E-state index contributed by atoms with van der Waals surface area (Å²) in [5, 5.41) is 13.9. The Bertz CT molecular complexity index is 1230. The smallest absolute Gasteiger partial charge is 0.207 e. The second kappa shape index (κ2) is 9.85. The Hall–Kier alpha value is -3.35. The van der Waals surface area contributed by atoms with Crippen LogP contribution in [0.3, 0.4) is 0 Å². The van der Waals surface area contributed by atoms with E-state index in [0.29, 0.717) is 28.5 Å². The molecule has 164 valence electrons. The highest BCUT2D eigenvalue weighted by molar-refractivity contribution is 7.21. The highest BCUT2D eigenvalue weighted by Gasteiger charge is 2.23. The number of ether oxygens (including phenoxy) is 2. The summed E-state index contributed by atoms with van der Waals surface area (Å²) in [5.74, 6) is 1.92. The van der Waals surface area contributed by atoms with Crippen LogP contribution in [0.15, 0.2) is 66.7 Å². The van der Waals surface area contributed by atoms with Gasteiger partial charge in [0.05, 0.1) is 0 Å². The summed E-state index contributed by atoms with van der Waals surface area (Å²) in [6, 6.07) is 19.9. The van der Waals surface area contributed by atoms with Crippen molar-refractivity contribution in [2.45, 2.75) is 13.8 Å². The zero-order chi connectivity index (χ0) is 22.5. The van der Waals surface area contributed by atoms with E-state index >= 15 is 0 Å². The lowest BCUT2D eigenvalue weighted by atomic mass is 10.0. The van der Waals surface area contributed by atoms with Crippen LogP contribution in [0.2, 0.25) is 0 Å². The lowest BCUT2D eigenvalue weighted by molar-refractivity contribution is 0.104. The van der Waals surface area contributed by atoms with E-state index in [1.165, 1.54) is 11.3 Å². The van der Waals surface area contributed by atoms with Crippen molar-refractivity contribution in [2.24, 2.45) is 0 Å². The SMILES string of the molecule is CCNCCOc1ccc(Oc2c(C(=O)c3ccccc3C)sc3cc(O)ccc23)cc1. The standard InChI is InChI=1S/C26H25NO4S/c1-3-27-14-15-30-19-9-11-20(12-10-19)31-25-22-13-8-18(28)16-23(22)32-26(25)24(29)21-7-5-4-6-17(21)2/h4-13,16,27-28H,3,14-15H2,1-2H3. The van der Waals surface area contributed by atoms with Gasteiger partial charge in [-0.1, -0.05) is 31.2 Å². The van der Waals surface area contributed by atoms with Crippen LogP contribution < -0.4 is 14.8 Å². The maximum atomic E-state index is 13.4. The van der Waals surface area contributed by atoms with Crippen molar-refractivity contribution in [3.05, 3.63) is 82.7 Å². The van der Waals surface area contributed by atoms with Gasteiger partial charge in [0.25, 0.3) is 0 Å². The van der Waals surface area contributed by atoms with Gasteiger partial charge in [0.2, 0.25) is 5.78 Å². The maximum absolute atomic E-state index is 13.4. The number of thiophene rings is 1. The van der Waals surface area contributed by atoms with Crippen LogP contribution in [-0.2, 0) is 0 Å². The molecule has 0 saturated heterocycles. The maximum Gasteiger partial charge on any atom is 0.207 e. The molecule has 0 atom stereocenters. The minimum Gasteiger partial charge on any atom is -0.508 e. The van der Waals surface area contributed by atoms with Gasteiger partial charge in [0, 0.05) is 22.2 Å². The van der Waals surface area contributed by atoms with Crippen molar-refractivity contribution in [1.29, 1.82) is 0 Å². The molecule has 0 aliphatic heterocycles. The zero-order valence-corrected chi connectivity index (χ0v) is 18.9. The minimum absolute atomic E-state index is 0.0952. The van der Waals surface area contributed by atoms with E-state index in [9.17, 15) is 9.90 Å². The summed E-state index contributed by atoms with van der Waals surface area (Å²) < 4.78 is 12.7. The predicted molar refractivity (Wildman–Crippen MR) is 129 cm³/mol. The fraction of sp³-hybridized carbons (Fsp3) is 0.192. The molecule has 1 aromatic heterocycles. The van der Waals surface area contributed by atoms with Crippen LogP contribution in [0.5, 0.6) is 23.0 Å². The summed E-state index contributed by atoms with van der Waals surface area (Å²) >= 11 is 1.32. The second-order valence-electron chi connectivity index (χ2n) is 7.36. The van der Waals surface area contributed by atoms with Crippen LogP contribution in [0.4, 0.5) is 0 Å². The van der Waals surface area contributed by atoms with Gasteiger partial charge >= 0.3 is 0 Å². The van der Waals surface area contributed by atoms with E-state index < -0.39 is 0 Å². The Labute approximate surface area is 191 Å². The molecule has 0 amide bonds. The lowest BCUT2D eigenvalue weighted by Crippen LogP contribution is -2.20. The quantitative estimate of drug-likeness (QED) is 0.246. The number of nitrogens with one attached hydrogen (secondary N) is 1. The first-order valence-electron chi connectivity index (χ1n) is 10.5. The third-order valence-corrected chi connectivity index (χ3v) is 6.20. The van der Waals surface area contributed by atoms with Gasteiger partial charge in [0.15, 0.2) is 5.75 Å². The van der Waals surface area contributed by atoms with Crippen molar-refractivity contribution in [2.75, 3.05) is 19.7 Å². The summed E-state index contributed by atoms with van der Waals surface area (Å²) in [6.45, 7) is 6.25. The lowest BCUT2D eigenvalue weighted by Gasteiger charge is -2.10. The van der Waals surface area contributed by atoms with Gasteiger partial charge in [-0.05, 0) is 61.5 Å². The number of phenols is 1. The average Bonchev–Trinajstić information content (AvgIpc) is 3.15. The zero-order valence-electron chi connectivity index (χ0n) is 18.1. The van der Waals surface area contributed by atoms with Crippen molar-refractivity contribution in [3.8, 4) is 23.0 Å². The number of carbonyl (C=O) groups is 1.